The highest BCUT2D eigenvalue weighted by molar-refractivity contribution is 7.97. The molecule has 6 heteroatoms. The minimum absolute atomic E-state index is 0.168. The molecule has 1 heterocycles. The van der Waals surface area contributed by atoms with Gasteiger partial charge in [0.05, 0.1) is 12.8 Å². The minimum Gasteiger partial charge on any atom is -0.393 e. The molecule has 1 aromatic rings. The van der Waals surface area contributed by atoms with Gasteiger partial charge in [-0.3, -0.25) is 9.59 Å². The first kappa shape index (κ1) is 14.8. The lowest BCUT2D eigenvalue weighted by Crippen LogP contribution is -2.24. The second kappa shape index (κ2) is 6.72. The molecular weight excluding hydrogens is 298 g/mol. The lowest BCUT2D eigenvalue weighted by molar-refractivity contribution is -0.164. The van der Waals surface area contributed by atoms with Gasteiger partial charge in [0.1, 0.15) is 5.04 Å². The van der Waals surface area contributed by atoms with E-state index in [1.807, 2.05) is 12.1 Å². The molecule has 0 unspecified atom stereocenters. The van der Waals surface area contributed by atoms with Gasteiger partial charge in [-0.25, -0.2) is 4.99 Å². The summed E-state index contributed by atoms with van der Waals surface area (Å²) < 4.78 is 4.45. The molecule has 1 saturated heterocycles. The molecule has 0 amide bonds. The molecule has 0 aromatic heterocycles. The van der Waals surface area contributed by atoms with E-state index in [1.54, 1.807) is 24.4 Å². The van der Waals surface area contributed by atoms with Gasteiger partial charge in [0.2, 0.25) is 0 Å². The molecule has 0 radical (unpaired) electrons. The minimum atomic E-state index is -0.497. The highest BCUT2D eigenvalue weighted by Gasteiger charge is 2.24. The molecule has 0 spiro atoms. The van der Waals surface area contributed by atoms with E-state index in [0.717, 1.165) is 5.56 Å². The molecule has 0 saturated carbocycles. The number of benzene rings is 1. The van der Waals surface area contributed by atoms with Crippen molar-refractivity contribution in [3.63, 3.8) is 0 Å². The summed E-state index contributed by atoms with van der Waals surface area (Å²) in [5, 5.41) is 1.17. The van der Waals surface area contributed by atoms with Gasteiger partial charge in [-0.15, -0.1) is 12.6 Å². The first-order valence-corrected chi connectivity index (χ1v) is 6.80. The van der Waals surface area contributed by atoms with Crippen molar-refractivity contribution in [2.45, 2.75) is 12.8 Å². The van der Waals surface area contributed by atoms with Crippen LogP contribution in [0.5, 0.6) is 0 Å². The zero-order valence-electron chi connectivity index (χ0n) is 10.5. The SMILES string of the molecule is O=C1CC(/C=C/N=C(\S)c2ccc(Cl)cc2)CC(=O)O1. The van der Waals surface area contributed by atoms with Crippen molar-refractivity contribution in [3.8, 4) is 0 Å². The van der Waals surface area contributed by atoms with Gasteiger partial charge in [0, 0.05) is 16.8 Å². The van der Waals surface area contributed by atoms with Gasteiger partial charge in [-0.2, -0.15) is 0 Å². The summed E-state index contributed by atoms with van der Waals surface area (Å²) in [6.07, 6.45) is 3.65. The van der Waals surface area contributed by atoms with E-state index in [4.69, 9.17) is 11.6 Å². The van der Waals surface area contributed by atoms with Crippen LogP contribution in [0.3, 0.4) is 0 Å². The monoisotopic (exact) mass is 309 g/mol. The third-order valence-electron chi connectivity index (χ3n) is 2.74. The summed E-state index contributed by atoms with van der Waals surface area (Å²) in [4.78, 5) is 26.3. The van der Waals surface area contributed by atoms with Crippen molar-refractivity contribution >= 4 is 41.2 Å². The van der Waals surface area contributed by atoms with Crippen molar-refractivity contribution in [2.75, 3.05) is 0 Å². The smallest absolute Gasteiger partial charge is 0.314 e. The summed E-state index contributed by atoms with van der Waals surface area (Å²) in [6.45, 7) is 0. The Kier molecular flexibility index (Phi) is 4.98. The van der Waals surface area contributed by atoms with Crippen LogP contribution in [0.25, 0.3) is 0 Å². The lowest BCUT2D eigenvalue weighted by atomic mass is 10.00. The lowest BCUT2D eigenvalue weighted by Gasteiger charge is -2.15. The number of halogens is 1. The van der Waals surface area contributed by atoms with Crippen molar-refractivity contribution in [2.24, 2.45) is 10.9 Å². The fourth-order valence-electron chi connectivity index (χ4n) is 1.76. The van der Waals surface area contributed by atoms with Crippen molar-refractivity contribution in [1.82, 2.24) is 0 Å². The normalized spacial score (nSPS) is 17.6. The molecule has 0 atom stereocenters. The van der Waals surface area contributed by atoms with Crippen LogP contribution < -0.4 is 0 Å². The highest BCUT2D eigenvalue weighted by atomic mass is 35.5. The average Bonchev–Trinajstić information content (AvgIpc) is 2.38. The first-order valence-electron chi connectivity index (χ1n) is 5.97. The highest BCUT2D eigenvalue weighted by Crippen LogP contribution is 2.18. The number of esters is 2. The Labute approximate surface area is 126 Å². The van der Waals surface area contributed by atoms with E-state index in [1.165, 1.54) is 0 Å². The standard InChI is InChI=1S/C14H12ClNO3S/c15-11-3-1-10(2-4-11)14(20)16-6-5-9-7-12(17)19-13(18)8-9/h1-6,9H,7-8H2,(H,16,20)/b6-5+. The largest absolute Gasteiger partial charge is 0.393 e. The predicted octanol–water partition coefficient (Wildman–Crippen LogP) is 3.01. The molecule has 104 valence electrons. The molecule has 1 aromatic carbocycles. The van der Waals surface area contributed by atoms with Crippen LogP contribution in [0.1, 0.15) is 18.4 Å². The number of hydrogen-bond donors (Lipinski definition) is 1. The number of carbonyl (C=O) groups is 2. The summed E-state index contributed by atoms with van der Waals surface area (Å²) in [5.41, 5.74) is 0.835. The number of cyclic esters (lactones) is 2. The Morgan fingerprint density at radius 3 is 2.45 bits per heavy atom. The van der Waals surface area contributed by atoms with E-state index in [0.29, 0.717) is 10.1 Å². The van der Waals surface area contributed by atoms with Crippen molar-refractivity contribution < 1.29 is 14.3 Å². The second-order valence-corrected chi connectivity index (χ2v) is 5.18. The maximum absolute atomic E-state index is 11.1. The summed E-state index contributed by atoms with van der Waals surface area (Å²) >= 11 is 10.1. The Morgan fingerprint density at radius 1 is 1.25 bits per heavy atom. The van der Waals surface area contributed by atoms with Crippen LogP contribution in [-0.2, 0) is 14.3 Å². The van der Waals surface area contributed by atoms with Crippen LogP contribution in [0, 0.1) is 5.92 Å². The number of nitrogens with zero attached hydrogens (tertiary/aromatic N) is 1. The summed E-state index contributed by atoms with van der Waals surface area (Å²) in [5.74, 6) is -1.16. The van der Waals surface area contributed by atoms with Crippen molar-refractivity contribution in [1.29, 1.82) is 0 Å². The fourth-order valence-corrected chi connectivity index (χ4v) is 2.10. The van der Waals surface area contributed by atoms with Crippen LogP contribution >= 0.6 is 24.2 Å². The molecule has 1 aliphatic heterocycles. The molecule has 0 aliphatic carbocycles. The van der Waals surface area contributed by atoms with Gasteiger partial charge in [0.25, 0.3) is 0 Å². The van der Waals surface area contributed by atoms with Gasteiger partial charge < -0.3 is 4.74 Å². The Bertz CT molecular complexity index is 565. The van der Waals surface area contributed by atoms with E-state index in [2.05, 4.69) is 22.4 Å². The van der Waals surface area contributed by atoms with Crippen LogP contribution in [0.2, 0.25) is 5.02 Å². The van der Waals surface area contributed by atoms with E-state index in [9.17, 15) is 9.59 Å². The van der Waals surface area contributed by atoms with E-state index in [-0.39, 0.29) is 18.8 Å². The molecule has 0 N–H and O–H groups in total. The third-order valence-corrected chi connectivity index (χ3v) is 3.37. The molecule has 1 fully saturated rings. The Balaban J connectivity index is 2.00. The van der Waals surface area contributed by atoms with Crippen LogP contribution in [0.15, 0.2) is 41.5 Å². The van der Waals surface area contributed by atoms with Crippen LogP contribution in [-0.4, -0.2) is 17.0 Å². The number of hydrogen-bond acceptors (Lipinski definition) is 4. The maximum atomic E-state index is 11.1. The number of allylic oxidation sites excluding steroid dienone is 1. The zero-order chi connectivity index (χ0) is 14.5. The zero-order valence-corrected chi connectivity index (χ0v) is 12.1. The molecular formula is C14H12ClNO3S. The third kappa shape index (κ3) is 4.21. The van der Waals surface area contributed by atoms with Crippen molar-refractivity contribution in [3.05, 3.63) is 47.1 Å². The summed E-state index contributed by atoms with van der Waals surface area (Å²) in [7, 11) is 0. The van der Waals surface area contributed by atoms with Gasteiger partial charge in [-0.1, -0.05) is 29.8 Å². The Hall–Kier alpha value is -1.59. The fraction of sp³-hybridized carbons (Fsp3) is 0.214. The maximum Gasteiger partial charge on any atom is 0.314 e. The first-order chi connectivity index (χ1) is 9.54. The number of aliphatic imine (C=N–C) groups is 1. The number of rotatable bonds is 3. The quantitative estimate of drug-likeness (QED) is 0.307. The molecule has 1 aliphatic rings. The van der Waals surface area contributed by atoms with Gasteiger partial charge in [-0.05, 0) is 18.1 Å². The molecule has 20 heavy (non-hydrogen) atoms. The summed E-state index contributed by atoms with van der Waals surface area (Å²) in [6, 6.07) is 7.12. The topological polar surface area (TPSA) is 55.7 Å². The predicted molar refractivity (Wildman–Crippen MR) is 79.9 cm³/mol. The molecule has 2 rings (SSSR count). The van der Waals surface area contributed by atoms with Crippen LogP contribution in [0.4, 0.5) is 0 Å². The number of thiol groups is 1. The Morgan fingerprint density at radius 2 is 1.85 bits per heavy atom. The second-order valence-electron chi connectivity index (χ2n) is 4.32. The average molecular weight is 310 g/mol. The number of ether oxygens (including phenoxy) is 1. The molecule has 0 bridgehead atoms. The number of carbonyl (C=O) groups excluding carboxylic acids is 2. The molecule has 4 nitrogen and oxygen atoms in total. The van der Waals surface area contributed by atoms with E-state index >= 15 is 0 Å². The van der Waals surface area contributed by atoms with E-state index < -0.39 is 11.9 Å². The van der Waals surface area contributed by atoms with Gasteiger partial charge in [0.15, 0.2) is 0 Å². The van der Waals surface area contributed by atoms with Gasteiger partial charge >= 0.3 is 11.9 Å².